The largest absolute Gasteiger partial charge is 0.356 e. The van der Waals surface area contributed by atoms with E-state index < -0.39 is 5.69 Å². The molecule has 1 aromatic heterocycles. The SMILES string of the molecule is Cc1cccc(Cl)c1-n1cnc(NCc2ccccc2)nc1=O. The molecular formula is C17H15ClN4O. The van der Waals surface area contributed by atoms with E-state index in [-0.39, 0.29) is 0 Å². The third-order valence-corrected chi connectivity index (χ3v) is 3.73. The number of aryl methyl sites for hydroxylation is 1. The number of benzene rings is 2. The molecule has 1 heterocycles. The molecule has 0 aliphatic carbocycles. The third-order valence-electron chi connectivity index (χ3n) is 3.43. The molecule has 0 aliphatic heterocycles. The minimum atomic E-state index is -0.424. The minimum Gasteiger partial charge on any atom is -0.350 e. The quantitative estimate of drug-likeness (QED) is 0.800. The van der Waals surface area contributed by atoms with Crippen LogP contribution in [0.1, 0.15) is 11.1 Å². The van der Waals surface area contributed by atoms with E-state index in [1.165, 1.54) is 10.9 Å². The zero-order valence-electron chi connectivity index (χ0n) is 12.5. The summed E-state index contributed by atoms with van der Waals surface area (Å²) in [7, 11) is 0. The van der Waals surface area contributed by atoms with Crippen LogP contribution in [0.25, 0.3) is 5.69 Å². The maximum atomic E-state index is 12.3. The Hall–Kier alpha value is -2.66. The van der Waals surface area contributed by atoms with Crippen molar-refractivity contribution in [1.82, 2.24) is 14.5 Å². The number of para-hydroxylation sites is 1. The summed E-state index contributed by atoms with van der Waals surface area (Å²) in [5.74, 6) is 0.291. The predicted molar refractivity (Wildman–Crippen MR) is 91.1 cm³/mol. The molecule has 6 heteroatoms. The van der Waals surface area contributed by atoms with E-state index in [4.69, 9.17) is 11.6 Å². The van der Waals surface area contributed by atoms with Gasteiger partial charge < -0.3 is 5.32 Å². The highest BCUT2D eigenvalue weighted by Crippen LogP contribution is 2.22. The molecule has 3 rings (SSSR count). The molecule has 0 bridgehead atoms. The molecule has 5 nitrogen and oxygen atoms in total. The van der Waals surface area contributed by atoms with Gasteiger partial charge in [0.1, 0.15) is 6.33 Å². The van der Waals surface area contributed by atoms with Crippen LogP contribution in [0.4, 0.5) is 5.95 Å². The minimum absolute atomic E-state index is 0.291. The molecule has 0 saturated carbocycles. The van der Waals surface area contributed by atoms with E-state index in [2.05, 4.69) is 15.3 Å². The van der Waals surface area contributed by atoms with Crippen LogP contribution in [0.15, 0.2) is 59.7 Å². The molecule has 3 aromatic rings. The van der Waals surface area contributed by atoms with Gasteiger partial charge in [0.05, 0.1) is 10.7 Å². The van der Waals surface area contributed by atoms with Crippen LogP contribution in [-0.4, -0.2) is 14.5 Å². The van der Waals surface area contributed by atoms with Crippen molar-refractivity contribution in [2.45, 2.75) is 13.5 Å². The van der Waals surface area contributed by atoms with Gasteiger partial charge in [-0.25, -0.2) is 14.3 Å². The van der Waals surface area contributed by atoms with Crippen LogP contribution in [0.5, 0.6) is 0 Å². The molecule has 0 spiro atoms. The lowest BCUT2D eigenvalue weighted by Gasteiger charge is -2.11. The second-order valence-corrected chi connectivity index (χ2v) is 5.48. The summed E-state index contributed by atoms with van der Waals surface area (Å²) in [4.78, 5) is 20.4. The molecule has 0 radical (unpaired) electrons. The zero-order valence-corrected chi connectivity index (χ0v) is 13.3. The monoisotopic (exact) mass is 326 g/mol. The summed E-state index contributed by atoms with van der Waals surface area (Å²) in [6.07, 6.45) is 1.44. The van der Waals surface area contributed by atoms with Crippen LogP contribution in [0.2, 0.25) is 5.02 Å². The Morgan fingerprint density at radius 2 is 1.91 bits per heavy atom. The fourth-order valence-electron chi connectivity index (χ4n) is 2.28. The van der Waals surface area contributed by atoms with Gasteiger partial charge in [0.2, 0.25) is 5.95 Å². The second kappa shape index (κ2) is 6.62. The number of hydrogen-bond acceptors (Lipinski definition) is 4. The number of nitrogens with one attached hydrogen (secondary N) is 1. The van der Waals surface area contributed by atoms with Gasteiger partial charge in [-0.15, -0.1) is 0 Å². The van der Waals surface area contributed by atoms with Crippen LogP contribution in [0.3, 0.4) is 0 Å². The first-order valence-electron chi connectivity index (χ1n) is 7.14. The Balaban J connectivity index is 1.85. The first-order valence-corrected chi connectivity index (χ1v) is 7.52. The van der Waals surface area contributed by atoms with Crippen LogP contribution in [0, 0.1) is 6.92 Å². The summed E-state index contributed by atoms with van der Waals surface area (Å²) >= 11 is 6.19. The van der Waals surface area contributed by atoms with Crippen molar-refractivity contribution in [3.63, 3.8) is 0 Å². The van der Waals surface area contributed by atoms with Crippen molar-refractivity contribution >= 4 is 17.5 Å². The van der Waals surface area contributed by atoms with Crippen LogP contribution < -0.4 is 11.0 Å². The molecule has 23 heavy (non-hydrogen) atoms. The lowest BCUT2D eigenvalue weighted by atomic mass is 10.2. The standard InChI is InChI=1S/C17H15ClN4O/c1-12-6-5-9-14(18)15(12)22-11-20-16(21-17(22)23)19-10-13-7-3-2-4-8-13/h2-9,11H,10H2,1H3,(H,19,21,23). The molecule has 0 saturated heterocycles. The van der Waals surface area contributed by atoms with Crippen LogP contribution in [-0.2, 0) is 6.54 Å². The first kappa shape index (κ1) is 15.2. The molecule has 1 N–H and O–H groups in total. The van der Waals surface area contributed by atoms with E-state index in [0.717, 1.165) is 11.1 Å². The first-order chi connectivity index (χ1) is 11.1. The summed E-state index contributed by atoms with van der Waals surface area (Å²) < 4.78 is 1.35. The summed E-state index contributed by atoms with van der Waals surface area (Å²) in [6.45, 7) is 2.44. The van der Waals surface area contributed by atoms with Gasteiger partial charge in [0.25, 0.3) is 0 Å². The van der Waals surface area contributed by atoms with E-state index >= 15 is 0 Å². The smallest absolute Gasteiger partial charge is 0.350 e. The highest BCUT2D eigenvalue weighted by Gasteiger charge is 2.10. The molecule has 0 atom stereocenters. The molecular weight excluding hydrogens is 312 g/mol. The molecule has 116 valence electrons. The van der Waals surface area contributed by atoms with Crippen LogP contribution >= 0.6 is 11.6 Å². The Bertz CT molecular complexity index is 857. The Kier molecular flexibility index (Phi) is 4.39. The van der Waals surface area contributed by atoms with Crippen molar-refractivity contribution in [2.75, 3.05) is 5.32 Å². The number of anilines is 1. The van der Waals surface area contributed by atoms with Gasteiger partial charge in [-0.1, -0.05) is 54.1 Å². The van der Waals surface area contributed by atoms with Gasteiger partial charge in [-0.2, -0.15) is 4.98 Å². The fourth-order valence-corrected chi connectivity index (χ4v) is 2.59. The number of hydrogen-bond donors (Lipinski definition) is 1. The topological polar surface area (TPSA) is 59.8 Å². The maximum absolute atomic E-state index is 12.3. The summed E-state index contributed by atoms with van der Waals surface area (Å²) in [6, 6.07) is 15.3. The molecule has 0 fully saturated rings. The number of rotatable bonds is 4. The van der Waals surface area contributed by atoms with Gasteiger partial charge in [-0.3, -0.25) is 0 Å². The molecule has 2 aromatic carbocycles. The van der Waals surface area contributed by atoms with Crippen molar-refractivity contribution in [3.05, 3.63) is 81.5 Å². The summed E-state index contributed by atoms with van der Waals surface area (Å²) in [5, 5.41) is 3.53. The highest BCUT2D eigenvalue weighted by molar-refractivity contribution is 6.32. The van der Waals surface area contributed by atoms with Crippen molar-refractivity contribution in [1.29, 1.82) is 0 Å². The molecule has 0 unspecified atom stereocenters. The molecule has 0 amide bonds. The van der Waals surface area contributed by atoms with Crippen molar-refractivity contribution in [3.8, 4) is 5.69 Å². The van der Waals surface area contributed by atoms with E-state index in [1.807, 2.05) is 49.4 Å². The lowest BCUT2D eigenvalue weighted by Crippen LogP contribution is -2.24. The highest BCUT2D eigenvalue weighted by atomic mass is 35.5. The lowest BCUT2D eigenvalue weighted by molar-refractivity contribution is 0.849. The number of nitrogens with zero attached hydrogens (tertiary/aromatic N) is 3. The Morgan fingerprint density at radius 1 is 1.13 bits per heavy atom. The molecule has 0 aliphatic rings. The van der Waals surface area contributed by atoms with Gasteiger partial charge in [0, 0.05) is 6.54 Å². The average molecular weight is 327 g/mol. The van der Waals surface area contributed by atoms with Crippen molar-refractivity contribution in [2.24, 2.45) is 0 Å². The van der Waals surface area contributed by atoms with E-state index in [0.29, 0.717) is 23.2 Å². The summed E-state index contributed by atoms with van der Waals surface area (Å²) in [5.41, 5.74) is 2.15. The second-order valence-electron chi connectivity index (χ2n) is 5.08. The Labute approximate surface area is 138 Å². The van der Waals surface area contributed by atoms with Crippen molar-refractivity contribution < 1.29 is 0 Å². The van der Waals surface area contributed by atoms with Gasteiger partial charge in [0.15, 0.2) is 0 Å². The van der Waals surface area contributed by atoms with Gasteiger partial charge in [-0.05, 0) is 24.1 Å². The third kappa shape index (κ3) is 3.40. The zero-order chi connectivity index (χ0) is 16.2. The van der Waals surface area contributed by atoms with E-state index in [1.54, 1.807) is 6.07 Å². The average Bonchev–Trinajstić information content (AvgIpc) is 2.55. The number of aromatic nitrogens is 3. The fraction of sp³-hybridized carbons (Fsp3) is 0.118. The maximum Gasteiger partial charge on any atom is 0.356 e. The van der Waals surface area contributed by atoms with E-state index in [9.17, 15) is 4.79 Å². The Morgan fingerprint density at radius 3 is 2.61 bits per heavy atom. The predicted octanol–water partition coefficient (Wildman–Crippen LogP) is 3.20. The normalized spacial score (nSPS) is 10.5. The van der Waals surface area contributed by atoms with Gasteiger partial charge >= 0.3 is 5.69 Å². The number of halogens is 1.